The van der Waals surface area contributed by atoms with Gasteiger partial charge in [-0.15, -0.1) is 11.3 Å². The Labute approximate surface area is 109 Å². The van der Waals surface area contributed by atoms with Gasteiger partial charge < -0.3 is 0 Å². The van der Waals surface area contributed by atoms with Crippen LogP contribution in [0.15, 0.2) is 11.7 Å². The number of nitrogens with one attached hydrogen (secondary N) is 2. The van der Waals surface area contributed by atoms with Crippen LogP contribution in [0.25, 0.3) is 0 Å². The molecule has 0 spiro atoms. The summed E-state index contributed by atoms with van der Waals surface area (Å²) in [6.07, 6.45) is 4.63. The summed E-state index contributed by atoms with van der Waals surface area (Å²) >= 11 is 1.69. The highest BCUT2D eigenvalue weighted by atomic mass is 32.1. The molecule has 1 unspecified atom stereocenters. The molecule has 1 aliphatic carbocycles. The largest absolute Gasteiger partial charge is 0.291 e. The zero-order valence-electron chi connectivity index (χ0n) is 10.1. The van der Waals surface area contributed by atoms with Gasteiger partial charge in [-0.2, -0.15) is 10.1 Å². The molecule has 0 aliphatic heterocycles. The van der Waals surface area contributed by atoms with E-state index in [4.69, 9.17) is 0 Å². The molecule has 2 heterocycles. The number of thiophene rings is 1. The maximum atomic E-state index is 12.1. The number of carbonyl (C=O) groups excluding carboxylic acids is 1. The Kier molecular flexibility index (Phi) is 2.87. The van der Waals surface area contributed by atoms with E-state index in [0.717, 1.165) is 30.7 Å². The molecule has 18 heavy (non-hydrogen) atoms. The molecule has 1 atom stereocenters. The van der Waals surface area contributed by atoms with Crippen molar-refractivity contribution in [1.29, 1.82) is 0 Å². The Bertz CT molecular complexity index is 561. The van der Waals surface area contributed by atoms with Gasteiger partial charge in [-0.1, -0.05) is 6.92 Å². The van der Waals surface area contributed by atoms with Crippen LogP contribution in [-0.4, -0.2) is 21.1 Å². The van der Waals surface area contributed by atoms with Crippen LogP contribution < -0.4 is 5.32 Å². The minimum atomic E-state index is -0.0983. The first-order chi connectivity index (χ1) is 8.74. The van der Waals surface area contributed by atoms with Crippen LogP contribution in [0.1, 0.15) is 34.1 Å². The summed E-state index contributed by atoms with van der Waals surface area (Å²) < 4.78 is 0. The van der Waals surface area contributed by atoms with Crippen molar-refractivity contribution in [2.75, 3.05) is 5.32 Å². The third-order valence-electron chi connectivity index (χ3n) is 3.29. The molecular formula is C12H14N4OS. The molecule has 0 aromatic carbocycles. The molecule has 2 aromatic rings. The van der Waals surface area contributed by atoms with Gasteiger partial charge in [0.1, 0.15) is 6.33 Å². The lowest BCUT2D eigenvalue weighted by molar-refractivity contribution is 0.102. The molecule has 0 saturated carbocycles. The fourth-order valence-corrected chi connectivity index (χ4v) is 3.55. The number of aromatic amines is 1. The molecule has 1 amide bonds. The molecule has 3 rings (SSSR count). The highest BCUT2D eigenvalue weighted by Crippen LogP contribution is 2.32. The van der Waals surface area contributed by atoms with Crippen molar-refractivity contribution in [3.05, 3.63) is 27.7 Å². The van der Waals surface area contributed by atoms with Crippen molar-refractivity contribution in [3.63, 3.8) is 0 Å². The fourth-order valence-electron chi connectivity index (χ4n) is 2.31. The van der Waals surface area contributed by atoms with Gasteiger partial charge in [0, 0.05) is 10.3 Å². The van der Waals surface area contributed by atoms with Crippen LogP contribution in [0.5, 0.6) is 0 Å². The van der Waals surface area contributed by atoms with Crippen molar-refractivity contribution >= 4 is 23.2 Å². The van der Waals surface area contributed by atoms with E-state index in [1.165, 1.54) is 16.8 Å². The lowest BCUT2D eigenvalue weighted by Gasteiger charge is -2.18. The summed E-state index contributed by atoms with van der Waals surface area (Å²) in [5.74, 6) is 1.02. The van der Waals surface area contributed by atoms with Crippen LogP contribution in [0, 0.1) is 5.92 Å². The maximum absolute atomic E-state index is 12.1. The normalized spacial score (nSPS) is 18.4. The Morgan fingerprint density at radius 3 is 3.28 bits per heavy atom. The van der Waals surface area contributed by atoms with Gasteiger partial charge >= 0.3 is 0 Å². The fraction of sp³-hybridized carbons (Fsp3) is 0.417. The molecule has 0 fully saturated rings. The number of carbonyl (C=O) groups is 1. The van der Waals surface area contributed by atoms with Gasteiger partial charge in [0.25, 0.3) is 5.91 Å². The van der Waals surface area contributed by atoms with Gasteiger partial charge in [-0.05, 0) is 30.7 Å². The van der Waals surface area contributed by atoms with E-state index in [1.807, 2.05) is 5.38 Å². The molecule has 2 N–H and O–H groups in total. The molecule has 5 nitrogen and oxygen atoms in total. The van der Waals surface area contributed by atoms with E-state index >= 15 is 0 Å². The van der Waals surface area contributed by atoms with Crippen LogP contribution in [-0.2, 0) is 12.8 Å². The molecule has 2 aromatic heterocycles. The molecule has 1 aliphatic rings. The molecular weight excluding hydrogens is 248 g/mol. The maximum Gasteiger partial charge on any atom is 0.259 e. The number of fused-ring (bicyclic) bond motifs is 1. The highest BCUT2D eigenvalue weighted by molar-refractivity contribution is 7.10. The molecule has 0 saturated heterocycles. The first kappa shape index (κ1) is 11.4. The van der Waals surface area contributed by atoms with Crippen LogP contribution in [0.3, 0.4) is 0 Å². The SMILES string of the molecule is CC1CCc2c(C(=O)Nc3ncn[nH]3)csc2C1. The summed E-state index contributed by atoms with van der Waals surface area (Å²) in [5, 5.41) is 11.0. The van der Waals surface area contributed by atoms with Crippen molar-refractivity contribution in [2.45, 2.75) is 26.2 Å². The van der Waals surface area contributed by atoms with Crippen LogP contribution in [0.2, 0.25) is 0 Å². The summed E-state index contributed by atoms with van der Waals surface area (Å²) in [5.41, 5.74) is 2.01. The molecule has 0 radical (unpaired) electrons. The van der Waals surface area contributed by atoms with E-state index in [0.29, 0.717) is 5.95 Å². The quantitative estimate of drug-likeness (QED) is 0.872. The summed E-state index contributed by atoms with van der Waals surface area (Å²) in [6, 6.07) is 0. The van der Waals surface area contributed by atoms with E-state index < -0.39 is 0 Å². The van der Waals surface area contributed by atoms with E-state index in [1.54, 1.807) is 11.3 Å². The average Bonchev–Trinajstić information content (AvgIpc) is 2.97. The first-order valence-electron chi connectivity index (χ1n) is 6.00. The van der Waals surface area contributed by atoms with Gasteiger partial charge in [-0.25, -0.2) is 5.10 Å². The van der Waals surface area contributed by atoms with Crippen molar-refractivity contribution in [2.24, 2.45) is 5.92 Å². The Hall–Kier alpha value is -1.69. The second-order valence-corrected chi connectivity index (χ2v) is 5.65. The molecule has 0 bridgehead atoms. The Morgan fingerprint density at radius 1 is 1.61 bits per heavy atom. The predicted octanol–water partition coefficient (Wildman–Crippen LogP) is 2.24. The number of amides is 1. The highest BCUT2D eigenvalue weighted by Gasteiger charge is 2.23. The Morgan fingerprint density at radius 2 is 2.50 bits per heavy atom. The third-order valence-corrected chi connectivity index (χ3v) is 4.34. The van der Waals surface area contributed by atoms with Gasteiger partial charge in [0.15, 0.2) is 0 Å². The zero-order chi connectivity index (χ0) is 12.5. The van der Waals surface area contributed by atoms with Crippen molar-refractivity contribution in [1.82, 2.24) is 15.2 Å². The summed E-state index contributed by atoms with van der Waals surface area (Å²) in [7, 11) is 0. The number of H-pyrrole nitrogens is 1. The second-order valence-electron chi connectivity index (χ2n) is 4.69. The number of aromatic nitrogens is 3. The zero-order valence-corrected chi connectivity index (χ0v) is 10.9. The average molecular weight is 262 g/mol. The minimum Gasteiger partial charge on any atom is -0.291 e. The second kappa shape index (κ2) is 4.53. The monoisotopic (exact) mass is 262 g/mol. The standard InChI is InChI=1S/C12H14N4OS/c1-7-2-3-8-9(5-18-10(8)4-7)11(17)15-12-13-6-14-16-12/h5-7H,2-4H2,1H3,(H2,13,14,15,16,17). The summed E-state index contributed by atoms with van der Waals surface area (Å²) in [4.78, 5) is 17.4. The van der Waals surface area contributed by atoms with Crippen molar-refractivity contribution < 1.29 is 4.79 Å². The van der Waals surface area contributed by atoms with Crippen LogP contribution >= 0.6 is 11.3 Å². The van der Waals surface area contributed by atoms with E-state index in [9.17, 15) is 4.79 Å². The van der Waals surface area contributed by atoms with Gasteiger partial charge in [0.05, 0.1) is 5.56 Å². The smallest absolute Gasteiger partial charge is 0.259 e. The number of anilines is 1. The molecule has 6 heteroatoms. The predicted molar refractivity (Wildman–Crippen MR) is 69.8 cm³/mol. The third kappa shape index (κ3) is 2.03. The van der Waals surface area contributed by atoms with Gasteiger partial charge in [-0.3, -0.25) is 10.1 Å². The molecule has 94 valence electrons. The number of hydrogen-bond donors (Lipinski definition) is 2. The summed E-state index contributed by atoms with van der Waals surface area (Å²) in [6.45, 7) is 2.26. The lowest BCUT2D eigenvalue weighted by atomic mass is 9.88. The lowest BCUT2D eigenvalue weighted by Crippen LogP contribution is -2.17. The van der Waals surface area contributed by atoms with Crippen LogP contribution in [0.4, 0.5) is 5.95 Å². The topological polar surface area (TPSA) is 70.7 Å². The van der Waals surface area contributed by atoms with E-state index in [2.05, 4.69) is 27.4 Å². The first-order valence-corrected chi connectivity index (χ1v) is 6.88. The number of rotatable bonds is 2. The number of nitrogens with zero attached hydrogens (tertiary/aromatic N) is 2. The van der Waals surface area contributed by atoms with Gasteiger partial charge in [0.2, 0.25) is 5.95 Å². The van der Waals surface area contributed by atoms with Crippen molar-refractivity contribution in [3.8, 4) is 0 Å². The number of hydrogen-bond acceptors (Lipinski definition) is 4. The van der Waals surface area contributed by atoms with E-state index in [-0.39, 0.29) is 5.91 Å². The minimum absolute atomic E-state index is 0.0983. The Balaban J connectivity index is 1.82.